The molecule has 120 valence electrons. The van der Waals surface area contributed by atoms with Crippen molar-refractivity contribution in [3.8, 4) is 0 Å². The van der Waals surface area contributed by atoms with E-state index in [2.05, 4.69) is 5.32 Å². The van der Waals surface area contributed by atoms with E-state index in [4.69, 9.17) is 4.74 Å². The highest BCUT2D eigenvalue weighted by Gasteiger charge is 2.27. The lowest BCUT2D eigenvalue weighted by atomic mass is 9.95. The van der Waals surface area contributed by atoms with Gasteiger partial charge in [-0.1, -0.05) is 60.7 Å². The number of carboxylic acids is 1. The molecule has 0 aliphatic rings. The fourth-order valence-electron chi connectivity index (χ4n) is 2.19. The van der Waals surface area contributed by atoms with E-state index >= 15 is 0 Å². The van der Waals surface area contributed by atoms with Gasteiger partial charge in [-0.05, 0) is 18.1 Å². The van der Waals surface area contributed by atoms with Crippen LogP contribution in [0.4, 0.5) is 4.79 Å². The Morgan fingerprint density at radius 2 is 1.61 bits per heavy atom. The quantitative estimate of drug-likeness (QED) is 0.857. The Labute approximate surface area is 134 Å². The minimum Gasteiger partial charge on any atom is -0.481 e. The number of ether oxygens (including phenoxy) is 1. The minimum atomic E-state index is -0.984. The SMILES string of the molecule is C[C@@H](C(=O)O)[C@H](NC(=O)OCc1ccccc1)c1ccccc1. The molecule has 1 amide bonds. The second kappa shape index (κ2) is 7.98. The lowest BCUT2D eigenvalue weighted by molar-refractivity contribution is -0.142. The fourth-order valence-corrected chi connectivity index (χ4v) is 2.19. The van der Waals surface area contributed by atoms with E-state index < -0.39 is 24.0 Å². The molecule has 0 heterocycles. The standard InChI is InChI=1S/C18H19NO4/c1-13(17(20)21)16(15-10-6-3-7-11-15)19-18(22)23-12-14-8-4-2-5-9-14/h2-11,13,16H,12H2,1H3,(H,19,22)(H,20,21)/t13-,16+/m1/s1. The average Bonchev–Trinajstić information content (AvgIpc) is 2.59. The van der Waals surface area contributed by atoms with Crippen LogP contribution in [0, 0.1) is 5.92 Å². The van der Waals surface area contributed by atoms with Crippen molar-refractivity contribution in [1.29, 1.82) is 0 Å². The number of carboxylic acid groups (broad SMARTS) is 1. The maximum absolute atomic E-state index is 12.0. The molecular formula is C18H19NO4. The summed E-state index contributed by atoms with van der Waals surface area (Å²) in [7, 11) is 0. The van der Waals surface area contributed by atoms with Gasteiger partial charge in [-0.25, -0.2) is 4.79 Å². The molecule has 0 saturated carbocycles. The molecule has 0 unspecified atom stereocenters. The summed E-state index contributed by atoms with van der Waals surface area (Å²) in [5, 5.41) is 11.9. The largest absolute Gasteiger partial charge is 0.481 e. The Morgan fingerprint density at radius 1 is 1.04 bits per heavy atom. The van der Waals surface area contributed by atoms with Crippen molar-refractivity contribution >= 4 is 12.1 Å². The van der Waals surface area contributed by atoms with Crippen LogP contribution in [0.1, 0.15) is 24.1 Å². The van der Waals surface area contributed by atoms with Crippen LogP contribution in [0.2, 0.25) is 0 Å². The topological polar surface area (TPSA) is 75.6 Å². The number of aliphatic carboxylic acids is 1. The van der Waals surface area contributed by atoms with Gasteiger partial charge in [-0.3, -0.25) is 4.79 Å². The lowest BCUT2D eigenvalue weighted by Crippen LogP contribution is -2.35. The first-order chi connectivity index (χ1) is 11.1. The minimum absolute atomic E-state index is 0.135. The molecule has 0 radical (unpaired) electrons. The third-order valence-corrected chi connectivity index (χ3v) is 3.53. The van der Waals surface area contributed by atoms with E-state index in [1.54, 1.807) is 31.2 Å². The number of hydrogen-bond acceptors (Lipinski definition) is 3. The number of rotatable bonds is 6. The predicted molar refractivity (Wildman–Crippen MR) is 85.7 cm³/mol. The molecule has 2 rings (SSSR count). The third kappa shape index (κ3) is 4.85. The second-order valence-corrected chi connectivity index (χ2v) is 5.22. The lowest BCUT2D eigenvalue weighted by Gasteiger charge is -2.22. The van der Waals surface area contributed by atoms with Crippen LogP contribution in [0.5, 0.6) is 0 Å². The first kappa shape index (κ1) is 16.5. The van der Waals surface area contributed by atoms with Gasteiger partial charge in [0.15, 0.2) is 0 Å². The molecule has 0 aliphatic carbocycles. The van der Waals surface area contributed by atoms with Gasteiger partial charge in [-0.15, -0.1) is 0 Å². The number of alkyl carbamates (subject to hydrolysis) is 1. The van der Waals surface area contributed by atoms with Gasteiger partial charge < -0.3 is 15.2 Å². The van der Waals surface area contributed by atoms with E-state index in [-0.39, 0.29) is 6.61 Å². The molecule has 5 heteroatoms. The van der Waals surface area contributed by atoms with Gasteiger partial charge >= 0.3 is 12.1 Å². The Hall–Kier alpha value is -2.82. The van der Waals surface area contributed by atoms with Crippen molar-refractivity contribution in [2.45, 2.75) is 19.6 Å². The molecular weight excluding hydrogens is 294 g/mol. The zero-order valence-electron chi connectivity index (χ0n) is 12.8. The van der Waals surface area contributed by atoms with Crippen molar-refractivity contribution in [3.63, 3.8) is 0 Å². The van der Waals surface area contributed by atoms with E-state index in [0.29, 0.717) is 0 Å². The highest BCUT2D eigenvalue weighted by atomic mass is 16.5. The first-order valence-electron chi connectivity index (χ1n) is 7.33. The fraction of sp³-hybridized carbons (Fsp3) is 0.222. The Balaban J connectivity index is 2.02. The van der Waals surface area contributed by atoms with Crippen molar-refractivity contribution in [3.05, 3.63) is 71.8 Å². The second-order valence-electron chi connectivity index (χ2n) is 5.22. The summed E-state index contributed by atoms with van der Waals surface area (Å²) in [6.07, 6.45) is -0.643. The number of benzene rings is 2. The molecule has 2 N–H and O–H groups in total. The predicted octanol–water partition coefficient (Wildman–Crippen LogP) is 3.37. The number of carbonyl (C=O) groups is 2. The Bertz CT molecular complexity index is 643. The monoisotopic (exact) mass is 313 g/mol. The summed E-state index contributed by atoms with van der Waals surface area (Å²) in [5.41, 5.74) is 1.59. The molecule has 0 aliphatic heterocycles. The average molecular weight is 313 g/mol. The van der Waals surface area contributed by atoms with Crippen molar-refractivity contribution < 1.29 is 19.4 Å². The van der Waals surface area contributed by atoms with Crippen molar-refractivity contribution in [2.24, 2.45) is 5.92 Å². The Morgan fingerprint density at radius 3 is 2.17 bits per heavy atom. The normalized spacial score (nSPS) is 12.9. The number of amides is 1. The van der Waals surface area contributed by atoms with Gasteiger partial charge in [0.1, 0.15) is 6.61 Å². The Kier molecular flexibility index (Phi) is 5.74. The zero-order valence-corrected chi connectivity index (χ0v) is 12.8. The molecule has 0 bridgehead atoms. The summed E-state index contributed by atoms with van der Waals surface area (Å²) in [6, 6.07) is 17.6. The molecule has 23 heavy (non-hydrogen) atoms. The van der Waals surface area contributed by atoms with E-state index in [9.17, 15) is 14.7 Å². The maximum Gasteiger partial charge on any atom is 0.407 e. The molecule has 0 aromatic heterocycles. The zero-order chi connectivity index (χ0) is 16.7. The van der Waals surface area contributed by atoms with Gasteiger partial charge in [0.25, 0.3) is 0 Å². The summed E-state index contributed by atoms with van der Waals surface area (Å²) in [6.45, 7) is 1.69. The molecule has 2 aromatic rings. The van der Waals surface area contributed by atoms with Gasteiger partial charge in [0.2, 0.25) is 0 Å². The summed E-state index contributed by atoms with van der Waals surface area (Å²) in [5.74, 6) is -1.76. The van der Waals surface area contributed by atoms with Crippen LogP contribution in [0.25, 0.3) is 0 Å². The van der Waals surface area contributed by atoms with Crippen LogP contribution in [0.15, 0.2) is 60.7 Å². The number of carbonyl (C=O) groups excluding carboxylic acids is 1. The van der Waals surface area contributed by atoms with Crippen LogP contribution in [0.3, 0.4) is 0 Å². The van der Waals surface area contributed by atoms with E-state index in [1.165, 1.54) is 0 Å². The highest BCUT2D eigenvalue weighted by molar-refractivity contribution is 5.73. The van der Waals surface area contributed by atoms with Gasteiger partial charge in [0.05, 0.1) is 12.0 Å². The van der Waals surface area contributed by atoms with Crippen LogP contribution >= 0.6 is 0 Å². The molecule has 2 atom stereocenters. The maximum atomic E-state index is 12.0. The molecule has 0 spiro atoms. The van der Waals surface area contributed by atoms with Gasteiger partial charge in [-0.2, -0.15) is 0 Å². The third-order valence-electron chi connectivity index (χ3n) is 3.53. The van der Waals surface area contributed by atoms with E-state index in [0.717, 1.165) is 11.1 Å². The molecule has 2 aromatic carbocycles. The molecule has 0 fully saturated rings. The number of hydrogen-bond donors (Lipinski definition) is 2. The van der Waals surface area contributed by atoms with E-state index in [1.807, 2.05) is 36.4 Å². The smallest absolute Gasteiger partial charge is 0.407 e. The molecule has 0 saturated heterocycles. The van der Waals surface area contributed by atoms with Crippen molar-refractivity contribution in [2.75, 3.05) is 0 Å². The highest BCUT2D eigenvalue weighted by Crippen LogP contribution is 2.22. The number of nitrogens with one attached hydrogen (secondary N) is 1. The van der Waals surface area contributed by atoms with Crippen LogP contribution in [-0.2, 0) is 16.1 Å². The first-order valence-corrected chi connectivity index (χ1v) is 7.33. The van der Waals surface area contributed by atoms with Crippen LogP contribution < -0.4 is 5.32 Å². The summed E-state index contributed by atoms with van der Waals surface area (Å²) in [4.78, 5) is 23.3. The van der Waals surface area contributed by atoms with Crippen LogP contribution in [-0.4, -0.2) is 17.2 Å². The van der Waals surface area contributed by atoms with Crippen molar-refractivity contribution in [1.82, 2.24) is 5.32 Å². The van der Waals surface area contributed by atoms with Gasteiger partial charge in [0, 0.05) is 0 Å². The summed E-state index contributed by atoms with van der Waals surface area (Å²) < 4.78 is 5.17. The molecule has 5 nitrogen and oxygen atoms in total. The summed E-state index contributed by atoms with van der Waals surface area (Å²) >= 11 is 0.